The SMILES string of the molecule is CNCCNC(=O)C1CCC2(CC1)CCN(C(=O)CCOCCC(N)=O)CC2. The molecular weight excluding hydrogens is 360 g/mol. The van der Waals surface area contributed by atoms with E-state index in [0.717, 1.165) is 58.2 Å². The van der Waals surface area contributed by atoms with E-state index in [1.54, 1.807) is 0 Å². The molecule has 2 rings (SSSR count). The van der Waals surface area contributed by atoms with E-state index in [1.165, 1.54) is 0 Å². The van der Waals surface area contributed by atoms with Crippen LogP contribution in [-0.4, -0.2) is 69.1 Å². The van der Waals surface area contributed by atoms with E-state index in [0.29, 0.717) is 25.0 Å². The summed E-state index contributed by atoms with van der Waals surface area (Å²) in [6.45, 7) is 3.66. The summed E-state index contributed by atoms with van der Waals surface area (Å²) in [7, 11) is 1.88. The lowest BCUT2D eigenvalue weighted by atomic mass is 9.65. The number of amides is 3. The minimum Gasteiger partial charge on any atom is -0.380 e. The zero-order chi connectivity index (χ0) is 20.4. The molecule has 160 valence electrons. The van der Waals surface area contributed by atoms with Gasteiger partial charge in [0, 0.05) is 38.5 Å². The highest BCUT2D eigenvalue weighted by molar-refractivity contribution is 5.78. The first-order valence-corrected chi connectivity index (χ1v) is 10.5. The number of piperidine rings is 1. The number of hydrogen-bond donors (Lipinski definition) is 3. The number of carbonyl (C=O) groups excluding carboxylic acids is 3. The van der Waals surface area contributed by atoms with Crippen molar-refractivity contribution in [1.29, 1.82) is 0 Å². The lowest BCUT2D eigenvalue weighted by Crippen LogP contribution is -2.46. The largest absolute Gasteiger partial charge is 0.380 e. The lowest BCUT2D eigenvalue weighted by molar-refractivity contribution is -0.135. The van der Waals surface area contributed by atoms with Crippen LogP contribution in [0.5, 0.6) is 0 Å². The second kappa shape index (κ2) is 11.4. The summed E-state index contributed by atoms with van der Waals surface area (Å²) >= 11 is 0. The number of rotatable bonds is 10. The zero-order valence-electron chi connectivity index (χ0n) is 17.1. The molecule has 1 aliphatic carbocycles. The van der Waals surface area contributed by atoms with Gasteiger partial charge < -0.3 is 26.0 Å². The van der Waals surface area contributed by atoms with Gasteiger partial charge in [0.25, 0.3) is 0 Å². The number of nitrogens with one attached hydrogen (secondary N) is 2. The summed E-state index contributed by atoms with van der Waals surface area (Å²) < 4.78 is 5.29. The first-order chi connectivity index (χ1) is 13.5. The highest BCUT2D eigenvalue weighted by atomic mass is 16.5. The topological polar surface area (TPSA) is 114 Å². The van der Waals surface area contributed by atoms with E-state index >= 15 is 0 Å². The van der Waals surface area contributed by atoms with E-state index in [1.807, 2.05) is 11.9 Å². The quantitative estimate of drug-likeness (QED) is 0.463. The zero-order valence-corrected chi connectivity index (χ0v) is 17.1. The first-order valence-electron chi connectivity index (χ1n) is 10.5. The molecule has 0 aromatic heterocycles. The maximum atomic E-state index is 12.3. The number of primary amides is 1. The molecule has 1 spiro atoms. The molecule has 8 nitrogen and oxygen atoms in total. The molecular formula is C20H36N4O4. The fourth-order valence-corrected chi connectivity index (χ4v) is 4.27. The van der Waals surface area contributed by atoms with Gasteiger partial charge in [-0.2, -0.15) is 0 Å². The highest BCUT2D eigenvalue weighted by Gasteiger charge is 2.40. The van der Waals surface area contributed by atoms with Crippen molar-refractivity contribution in [1.82, 2.24) is 15.5 Å². The Morgan fingerprint density at radius 2 is 1.68 bits per heavy atom. The van der Waals surface area contributed by atoms with Crippen molar-refractivity contribution < 1.29 is 19.1 Å². The normalized spacial score (nSPS) is 19.5. The van der Waals surface area contributed by atoms with Crippen molar-refractivity contribution in [2.24, 2.45) is 17.1 Å². The molecule has 4 N–H and O–H groups in total. The Labute approximate surface area is 167 Å². The molecule has 0 aromatic carbocycles. The van der Waals surface area contributed by atoms with Gasteiger partial charge in [-0.1, -0.05) is 0 Å². The van der Waals surface area contributed by atoms with Crippen molar-refractivity contribution in [3.8, 4) is 0 Å². The number of nitrogens with two attached hydrogens (primary N) is 1. The van der Waals surface area contributed by atoms with Gasteiger partial charge in [-0.15, -0.1) is 0 Å². The summed E-state index contributed by atoms with van der Waals surface area (Å²) in [5.41, 5.74) is 5.35. The van der Waals surface area contributed by atoms with E-state index < -0.39 is 5.91 Å². The van der Waals surface area contributed by atoms with Crippen LogP contribution >= 0.6 is 0 Å². The number of carbonyl (C=O) groups is 3. The minimum absolute atomic E-state index is 0.117. The summed E-state index contributed by atoms with van der Waals surface area (Å²) in [5.74, 6) is 0.0538. The summed E-state index contributed by atoms with van der Waals surface area (Å²) in [6.07, 6.45) is 6.64. The monoisotopic (exact) mass is 396 g/mol. The van der Waals surface area contributed by atoms with E-state index in [4.69, 9.17) is 10.5 Å². The van der Waals surface area contributed by atoms with Crippen LogP contribution in [0.25, 0.3) is 0 Å². The smallest absolute Gasteiger partial charge is 0.224 e. The third-order valence-electron chi connectivity index (χ3n) is 6.22. The molecule has 2 fully saturated rings. The maximum absolute atomic E-state index is 12.3. The van der Waals surface area contributed by atoms with Crippen LogP contribution in [-0.2, 0) is 19.1 Å². The molecule has 1 heterocycles. The molecule has 28 heavy (non-hydrogen) atoms. The number of likely N-dealkylation sites (tertiary alicyclic amines) is 1. The van der Waals surface area contributed by atoms with Crippen LogP contribution in [0.3, 0.4) is 0 Å². The molecule has 1 saturated heterocycles. The van der Waals surface area contributed by atoms with Gasteiger partial charge in [0.15, 0.2) is 0 Å². The number of likely N-dealkylation sites (N-methyl/N-ethyl adjacent to an activating group) is 1. The van der Waals surface area contributed by atoms with Crippen LogP contribution in [0.1, 0.15) is 51.4 Å². The number of hydrogen-bond acceptors (Lipinski definition) is 5. The Morgan fingerprint density at radius 1 is 1.04 bits per heavy atom. The molecule has 8 heteroatoms. The standard InChI is InChI=1S/C20H36N4O4/c1-22-10-11-23-19(27)16-2-6-20(7-3-16)8-12-24(13-9-20)18(26)5-15-28-14-4-17(21)25/h16,22H,2-15H2,1H3,(H2,21,25)(H,23,27). The summed E-state index contributed by atoms with van der Waals surface area (Å²) in [6, 6.07) is 0. The summed E-state index contributed by atoms with van der Waals surface area (Å²) in [5, 5.41) is 6.05. The molecule has 0 radical (unpaired) electrons. The molecule has 3 amide bonds. The molecule has 1 aliphatic heterocycles. The Balaban J connectivity index is 1.64. The lowest BCUT2D eigenvalue weighted by Gasteiger charge is -2.45. The third kappa shape index (κ3) is 7.05. The Kier molecular flexibility index (Phi) is 9.18. The van der Waals surface area contributed by atoms with Crippen LogP contribution in [0.15, 0.2) is 0 Å². The predicted molar refractivity (Wildman–Crippen MR) is 106 cm³/mol. The first kappa shape index (κ1) is 22.6. The third-order valence-corrected chi connectivity index (χ3v) is 6.22. The highest BCUT2D eigenvalue weighted by Crippen LogP contribution is 2.46. The molecule has 0 unspecified atom stereocenters. The molecule has 0 bridgehead atoms. The Bertz CT molecular complexity index is 522. The van der Waals surface area contributed by atoms with Gasteiger partial charge in [0.2, 0.25) is 17.7 Å². The Morgan fingerprint density at radius 3 is 2.29 bits per heavy atom. The fraction of sp³-hybridized carbons (Fsp3) is 0.850. The van der Waals surface area contributed by atoms with Crippen molar-refractivity contribution in [3.05, 3.63) is 0 Å². The van der Waals surface area contributed by atoms with Gasteiger partial charge >= 0.3 is 0 Å². The van der Waals surface area contributed by atoms with Crippen molar-refractivity contribution in [2.75, 3.05) is 46.4 Å². The van der Waals surface area contributed by atoms with E-state index in [-0.39, 0.29) is 30.8 Å². The van der Waals surface area contributed by atoms with Crippen LogP contribution in [0.2, 0.25) is 0 Å². The number of ether oxygens (including phenoxy) is 1. The van der Waals surface area contributed by atoms with Gasteiger partial charge in [-0.25, -0.2) is 0 Å². The average molecular weight is 397 g/mol. The minimum atomic E-state index is -0.391. The summed E-state index contributed by atoms with van der Waals surface area (Å²) in [4.78, 5) is 37.1. The van der Waals surface area contributed by atoms with Gasteiger partial charge in [-0.3, -0.25) is 14.4 Å². The number of nitrogens with zero attached hydrogens (tertiary/aromatic N) is 1. The van der Waals surface area contributed by atoms with Crippen molar-refractivity contribution >= 4 is 17.7 Å². The molecule has 0 aromatic rings. The van der Waals surface area contributed by atoms with Crippen LogP contribution in [0, 0.1) is 11.3 Å². The average Bonchev–Trinajstić information content (AvgIpc) is 2.68. The van der Waals surface area contributed by atoms with Gasteiger partial charge in [0.05, 0.1) is 19.6 Å². The van der Waals surface area contributed by atoms with Gasteiger partial charge in [0.1, 0.15) is 0 Å². The van der Waals surface area contributed by atoms with Gasteiger partial charge in [-0.05, 0) is 51.0 Å². The van der Waals surface area contributed by atoms with Crippen LogP contribution < -0.4 is 16.4 Å². The molecule has 0 atom stereocenters. The second-order valence-electron chi connectivity index (χ2n) is 8.13. The molecule has 1 saturated carbocycles. The molecule has 2 aliphatic rings. The van der Waals surface area contributed by atoms with Crippen molar-refractivity contribution in [3.63, 3.8) is 0 Å². The van der Waals surface area contributed by atoms with Crippen molar-refractivity contribution in [2.45, 2.75) is 51.4 Å². The fourth-order valence-electron chi connectivity index (χ4n) is 4.27. The Hall–Kier alpha value is -1.67. The second-order valence-corrected chi connectivity index (χ2v) is 8.13. The van der Waals surface area contributed by atoms with E-state index in [2.05, 4.69) is 10.6 Å². The van der Waals surface area contributed by atoms with E-state index in [9.17, 15) is 14.4 Å². The maximum Gasteiger partial charge on any atom is 0.224 e. The van der Waals surface area contributed by atoms with Crippen LogP contribution in [0.4, 0.5) is 0 Å². The predicted octanol–water partition coefficient (Wildman–Crippen LogP) is 0.403.